The van der Waals surface area contributed by atoms with E-state index in [2.05, 4.69) is 0 Å². The molecule has 0 aliphatic rings. The molecule has 0 fully saturated rings. The van der Waals surface area contributed by atoms with Crippen molar-refractivity contribution >= 4 is 29.1 Å². The van der Waals surface area contributed by atoms with E-state index in [0.29, 0.717) is 6.42 Å². The summed E-state index contributed by atoms with van der Waals surface area (Å²) >= 11 is 10.4. The Morgan fingerprint density at radius 1 is 1.60 bits per heavy atom. The SMILES string of the molecule is NC(=O)CCCC(O)(Cl)Cl. The maximum Gasteiger partial charge on any atom is 0.217 e. The van der Waals surface area contributed by atoms with Crippen molar-refractivity contribution < 1.29 is 9.90 Å². The monoisotopic (exact) mass is 185 g/mol. The fraction of sp³-hybridized carbons (Fsp3) is 0.800. The van der Waals surface area contributed by atoms with Crippen LogP contribution in [0.2, 0.25) is 0 Å². The van der Waals surface area contributed by atoms with Crippen LogP contribution < -0.4 is 5.73 Å². The van der Waals surface area contributed by atoms with Gasteiger partial charge in [-0.1, -0.05) is 23.2 Å². The standard InChI is InChI=1S/C5H9Cl2NO2/c6-5(7,10)3-1-2-4(8)9/h10H,1-3H2,(H2,8,9). The number of hydrogen-bond donors (Lipinski definition) is 2. The van der Waals surface area contributed by atoms with Gasteiger partial charge in [-0.3, -0.25) is 4.79 Å². The molecule has 0 atom stereocenters. The zero-order valence-corrected chi connectivity index (χ0v) is 6.82. The first kappa shape index (κ1) is 10.0. The Morgan fingerprint density at radius 3 is 2.40 bits per heavy atom. The minimum Gasteiger partial charge on any atom is -0.370 e. The number of carbonyl (C=O) groups is 1. The molecular formula is C5H9Cl2NO2. The summed E-state index contributed by atoms with van der Waals surface area (Å²) in [5, 5.41) is 8.71. The van der Waals surface area contributed by atoms with Gasteiger partial charge in [0.1, 0.15) is 0 Å². The number of amides is 1. The molecule has 3 N–H and O–H groups in total. The second-order valence-electron chi connectivity index (χ2n) is 1.99. The van der Waals surface area contributed by atoms with Gasteiger partial charge in [-0.15, -0.1) is 0 Å². The lowest BCUT2D eigenvalue weighted by atomic mass is 10.2. The second-order valence-corrected chi connectivity index (χ2v) is 3.43. The fourth-order valence-corrected chi connectivity index (χ4v) is 0.743. The summed E-state index contributed by atoms with van der Waals surface area (Å²) in [5.41, 5.74) is 4.82. The van der Waals surface area contributed by atoms with Crippen LogP contribution in [0.3, 0.4) is 0 Å². The molecule has 0 aromatic carbocycles. The highest BCUT2D eigenvalue weighted by atomic mass is 35.5. The third-order valence-corrected chi connectivity index (χ3v) is 1.28. The van der Waals surface area contributed by atoms with Crippen molar-refractivity contribution in [3.05, 3.63) is 0 Å². The molecule has 0 rings (SSSR count). The smallest absolute Gasteiger partial charge is 0.217 e. The Morgan fingerprint density at radius 2 is 2.10 bits per heavy atom. The number of nitrogens with two attached hydrogens (primary N) is 1. The third kappa shape index (κ3) is 8.01. The number of halogens is 2. The largest absolute Gasteiger partial charge is 0.370 e. The average molecular weight is 186 g/mol. The van der Waals surface area contributed by atoms with E-state index < -0.39 is 10.4 Å². The molecule has 0 aromatic rings. The maximum absolute atomic E-state index is 10.1. The van der Waals surface area contributed by atoms with Crippen molar-refractivity contribution in [3.63, 3.8) is 0 Å². The van der Waals surface area contributed by atoms with Crippen LogP contribution in [0.15, 0.2) is 0 Å². The molecule has 5 heteroatoms. The van der Waals surface area contributed by atoms with Gasteiger partial charge in [-0.25, -0.2) is 0 Å². The Bertz CT molecular complexity index is 121. The van der Waals surface area contributed by atoms with Crippen molar-refractivity contribution in [1.82, 2.24) is 0 Å². The van der Waals surface area contributed by atoms with Crippen molar-refractivity contribution in [2.24, 2.45) is 5.73 Å². The van der Waals surface area contributed by atoms with Gasteiger partial charge < -0.3 is 10.8 Å². The van der Waals surface area contributed by atoms with E-state index in [1.165, 1.54) is 0 Å². The molecule has 0 saturated carbocycles. The predicted octanol–water partition coefficient (Wildman–Crippen LogP) is 0.766. The number of alkyl halides is 2. The van der Waals surface area contributed by atoms with Crippen LogP contribution in [0.1, 0.15) is 19.3 Å². The molecule has 0 bridgehead atoms. The lowest BCUT2D eigenvalue weighted by Gasteiger charge is -2.09. The lowest BCUT2D eigenvalue weighted by molar-refractivity contribution is -0.118. The van der Waals surface area contributed by atoms with E-state index in [9.17, 15) is 4.79 Å². The van der Waals surface area contributed by atoms with Crippen molar-refractivity contribution in [2.45, 2.75) is 23.8 Å². The van der Waals surface area contributed by atoms with Crippen molar-refractivity contribution in [1.29, 1.82) is 0 Å². The van der Waals surface area contributed by atoms with Crippen LogP contribution in [0.5, 0.6) is 0 Å². The topological polar surface area (TPSA) is 63.3 Å². The van der Waals surface area contributed by atoms with E-state index in [-0.39, 0.29) is 12.8 Å². The van der Waals surface area contributed by atoms with E-state index in [1.54, 1.807) is 0 Å². The van der Waals surface area contributed by atoms with E-state index in [0.717, 1.165) is 0 Å². The van der Waals surface area contributed by atoms with Crippen molar-refractivity contribution in [3.8, 4) is 0 Å². The zero-order valence-electron chi connectivity index (χ0n) is 5.31. The maximum atomic E-state index is 10.1. The third-order valence-electron chi connectivity index (χ3n) is 0.901. The van der Waals surface area contributed by atoms with Gasteiger partial charge in [-0.2, -0.15) is 0 Å². The molecule has 0 radical (unpaired) electrons. The zero-order chi connectivity index (χ0) is 8.20. The summed E-state index contributed by atoms with van der Waals surface area (Å²) in [6.07, 6.45) is 0.750. The Hall–Kier alpha value is 0.01000. The molecule has 1 amide bonds. The van der Waals surface area contributed by atoms with Crippen LogP contribution in [-0.4, -0.2) is 15.5 Å². The molecule has 0 aromatic heterocycles. The van der Waals surface area contributed by atoms with E-state index in [1.807, 2.05) is 0 Å². The highest BCUT2D eigenvalue weighted by molar-refractivity contribution is 6.46. The Balaban J connectivity index is 3.29. The summed E-state index contributed by atoms with van der Waals surface area (Å²) in [5.74, 6) is -0.419. The normalized spacial score (nSPS) is 11.5. The Kier molecular flexibility index (Phi) is 4.01. The van der Waals surface area contributed by atoms with Gasteiger partial charge in [0.25, 0.3) is 0 Å². The van der Waals surface area contributed by atoms with Crippen LogP contribution in [0.25, 0.3) is 0 Å². The van der Waals surface area contributed by atoms with Gasteiger partial charge in [-0.05, 0) is 6.42 Å². The van der Waals surface area contributed by atoms with Gasteiger partial charge in [0, 0.05) is 12.8 Å². The number of hydrogen-bond acceptors (Lipinski definition) is 2. The van der Waals surface area contributed by atoms with Crippen LogP contribution >= 0.6 is 23.2 Å². The molecule has 0 spiro atoms. The minimum absolute atomic E-state index is 0.152. The molecule has 0 unspecified atom stereocenters. The predicted molar refractivity (Wildman–Crippen MR) is 39.7 cm³/mol. The molecule has 3 nitrogen and oxygen atoms in total. The van der Waals surface area contributed by atoms with Crippen LogP contribution in [0.4, 0.5) is 0 Å². The summed E-state index contributed by atoms with van der Waals surface area (Å²) in [7, 11) is 0. The molecular weight excluding hydrogens is 177 g/mol. The first-order valence-corrected chi connectivity index (χ1v) is 3.56. The molecule has 60 valence electrons. The lowest BCUT2D eigenvalue weighted by Crippen LogP contribution is -2.14. The molecule has 0 saturated heterocycles. The average Bonchev–Trinajstić information content (AvgIpc) is 1.59. The van der Waals surface area contributed by atoms with Crippen LogP contribution in [-0.2, 0) is 4.79 Å². The van der Waals surface area contributed by atoms with E-state index in [4.69, 9.17) is 34.0 Å². The number of primary amides is 1. The highest BCUT2D eigenvalue weighted by Crippen LogP contribution is 2.23. The van der Waals surface area contributed by atoms with Crippen molar-refractivity contribution in [2.75, 3.05) is 0 Å². The van der Waals surface area contributed by atoms with Gasteiger partial charge in [0.15, 0.2) is 0 Å². The first-order chi connectivity index (χ1) is 4.42. The summed E-state index contributed by atoms with van der Waals surface area (Å²) in [6.45, 7) is 0. The minimum atomic E-state index is -1.73. The number of aliphatic hydroxyl groups is 1. The quantitative estimate of drug-likeness (QED) is 0.636. The Labute approximate surface area is 69.1 Å². The molecule has 0 aliphatic heterocycles. The number of carbonyl (C=O) groups excluding carboxylic acids is 1. The van der Waals surface area contributed by atoms with Gasteiger partial charge >= 0.3 is 0 Å². The van der Waals surface area contributed by atoms with Crippen LogP contribution in [0, 0.1) is 0 Å². The first-order valence-electron chi connectivity index (χ1n) is 2.80. The summed E-state index contributed by atoms with van der Waals surface area (Å²) in [6, 6.07) is 0. The summed E-state index contributed by atoms with van der Waals surface area (Å²) < 4.78 is -1.73. The molecule has 0 aliphatic carbocycles. The highest BCUT2D eigenvalue weighted by Gasteiger charge is 2.17. The molecule has 10 heavy (non-hydrogen) atoms. The summed E-state index contributed by atoms with van der Waals surface area (Å²) in [4.78, 5) is 10.1. The second kappa shape index (κ2) is 4.01. The van der Waals surface area contributed by atoms with E-state index >= 15 is 0 Å². The molecule has 0 heterocycles. The van der Waals surface area contributed by atoms with Gasteiger partial charge in [0.05, 0.1) is 0 Å². The number of rotatable bonds is 4. The van der Waals surface area contributed by atoms with Gasteiger partial charge in [0.2, 0.25) is 10.4 Å². The fourth-order valence-electron chi connectivity index (χ4n) is 0.475.